The molecule has 2 N–H and O–H groups in total. The fourth-order valence-electron chi connectivity index (χ4n) is 3.10. The lowest BCUT2D eigenvalue weighted by molar-refractivity contribution is 0.0827. The van der Waals surface area contributed by atoms with Gasteiger partial charge in [0.2, 0.25) is 5.89 Å². The highest BCUT2D eigenvalue weighted by Crippen LogP contribution is 2.29. The molecule has 32 heavy (non-hydrogen) atoms. The van der Waals surface area contributed by atoms with Crippen LogP contribution >= 0.6 is 0 Å². The molecule has 4 rings (SSSR count). The number of anilines is 1. The molecule has 2 heterocycles. The van der Waals surface area contributed by atoms with Crippen LogP contribution in [0.4, 0.5) is 5.82 Å². The summed E-state index contributed by atoms with van der Waals surface area (Å²) < 4.78 is 5.80. The van der Waals surface area contributed by atoms with Gasteiger partial charge in [-0.1, -0.05) is 30.2 Å². The zero-order valence-corrected chi connectivity index (χ0v) is 17.8. The highest BCUT2D eigenvalue weighted by molar-refractivity contribution is 5.95. The molecule has 0 fully saturated rings. The first kappa shape index (κ1) is 20.8. The Labute approximate surface area is 188 Å². The van der Waals surface area contributed by atoms with Crippen molar-refractivity contribution < 1.29 is 12.1 Å². The smallest absolute Gasteiger partial charge is 0.270 e. The molecule has 0 spiro atoms. The first-order valence-electron chi connectivity index (χ1n) is 9.78. The monoisotopic (exact) mass is 428 g/mol. The zero-order chi connectivity index (χ0) is 22.7. The molecule has 162 valence electrons. The minimum atomic E-state index is -0.112. The molecule has 8 heteroatoms. The maximum atomic E-state index is 12.4. The van der Waals surface area contributed by atoms with Gasteiger partial charge in [0.1, 0.15) is 0 Å². The average Bonchev–Trinajstić information content (AvgIpc) is 3.30. The Morgan fingerprint density at radius 2 is 1.84 bits per heavy atom. The molecule has 0 aliphatic carbocycles. The molecule has 8 nitrogen and oxygen atoms in total. The molecule has 0 aliphatic rings. The Kier molecular flexibility index (Phi) is 5.64. The third-order valence-corrected chi connectivity index (χ3v) is 4.66. The van der Waals surface area contributed by atoms with Crippen LogP contribution < -0.4 is 5.73 Å². The van der Waals surface area contributed by atoms with Crippen molar-refractivity contribution in [2.45, 2.75) is 6.92 Å². The van der Waals surface area contributed by atoms with Crippen LogP contribution in [0.2, 0.25) is 0 Å². The van der Waals surface area contributed by atoms with E-state index in [1.54, 1.807) is 45.4 Å². The standard InChI is InChI=1S/C24H20N6O2.2H2/c1-4-8-16-13-17(24(31)30(2)3)11-12-18(16)19-14-26-21(25)20(27-19)23-29-28-22(32-23)15-9-6-5-7-10-15;;/h5-7,9-14H,1-3H3,(H2,25,26);2*1H. The summed E-state index contributed by atoms with van der Waals surface area (Å²) in [4.78, 5) is 22.8. The molecule has 2 aromatic carbocycles. The number of nitrogen functional groups attached to an aromatic ring is 1. The second-order valence-corrected chi connectivity index (χ2v) is 7.10. The van der Waals surface area contributed by atoms with Crippen LogP contribution in [-0.2, 0) is 0 Å². The lowest BCUT2D eigenvalue weighted by Gasteiger charge is -2.12. The first-order valence-corrected chi connectivity index (χ1v) is 9.78. The van der Waals surface area contributed by atoms with Gasteiger partial charge in [-0.2, -0.15) is 0 Å². The highest BCUT2D eigenvalue weighted by atomic mass is 16.4. The van der Waals surface area contributed by atoms with Crippen LogP contribution in [0.3, 0.4) is 0 Å². The van der Waals surface area contributed by atoms with Gasteiger partial charge in [0.25, 0.3) is 11.8 Å². The number of carbonyl (C=O) groups is 1. The lowest BCUT2D eigenvalue weighted by atomic mass is 10.0. The average molecular weight is 428 g/mol. The Hall–Kier alpha value is -4.51. The number of amides is 1. The van der Waals surface area contributed by atoms with E-state index in [-0.39, 0.29) is 26.2 Å². The van der Waals surface area contributed by atoms with Gasteiger partial charge in [0.15, 0.2) is 11.5 Å². The Balaban J connectivity index is 0.00000204. The topological polar surface area (TPSA) is 111 Å². The second-order valence-electron chi connectivity index (χ2n) is 7.10. The quantitative estimate of drug-likeness (QED) is 0.489. The van der Waals surface area contributed by atoms with E-state index in [0.717, 1.165) is 5.56 Å². The van der Waals surface area contributed by atoms with Gasteiger partial charge in [-0.15, -0.1) is 16.1 Å². The molecule has 0 aliphatic heterocycles. The number of hydrogen-bond acceptors (Lipinski definition) is 7. The third kappa shape index (κ3) is 4.04. The molecule has 2 aromatic heterocycles. The van der Waals surface area contributed by atoms with Crippen LogP contribution in [0.15, 0.2) is 59.1 Å². The summed E-state index contributed by atoms with van der Waals surface area (Å²) in [6.45, 7) is 1.73. The number of rotatable bonds is 4. The molecule has 0 saturated heterocycles. The van der Waals surface area contributed by atoms with Crippen LogP contribution in [0.1, 0.15) is 25.7 Å². The maximum absolute atomic E-state index is 12.4. The van der Waals surface area contributed by atoms with Gasteiger partial charge in [-0.3, -0.25) is 4.79 Å². The van der Waals surface area contributed by atoms with Crippen molar-refractivity contribution in [3.63, 3.8) is 0 Å². The highest BCUT2D eigenvalue weighted by Gasteiger charge is 2.18. The van der Waals surface area contributed by atoms with Crippen molar-refractivity contribution in [3.8, 4) is 46.1 Å². The van der Waals surface area contributed by atoms with E-state index in [0.29, 0.717) is 28.3 Å². The molecule has 4 aromatic rings. The fraction of sp³-hybridized carbons (Fsp3) is 0.125. The van der Waals surface area contributed by atoms with Crippen molar-refractivity contribution in [1.29, 1.82) is 0 Å². The Morgan fingerprint density at radius 3 is 2.56 bits per heavy atom. The minimum absolute atomic E-state index is 0. The second kappa shape index (κ2) is 8.70. The first-order chi connectivity index (χ1) is 15.5. The zero-order valence-electron chi connectivity index (χ0n) is 17.8. The van der Waals surface area contributed by atoms with Crippen LogP contribution in [0, 0.1) is 11.8 Å². The van der Waals surface area contributed by atoms with E-state index >= 15 is 0 Å². The van der Waals surface area contributed by atoms with E-state index in [2.05, 4.69) is 32.0 Å². The molecule has 0 saturated carbocycles. The molecule has 0 atom stereocenters. The summed E-state index contributed by atoms with van der Waals surface area (Å²) in [6.07, 6.45) is 1.55. The van der Waals surface area contributed by atoms with E-state index in [9.17, 15) is 4.79 Å². The van der Waals surface area contributed by atoms with Crippen molar-refractivity contribution in [2.24, 2.45) is 0 Å². The van der Waals surface area contributed by atoms with E-state index in [1.165, 1.54) is 4.90 Å². The molecule has 0 radical (unpaired) electrons. The van der Waals surface area contributed by atoms with Crippen LogP contribution in [0.5, 0.6) is 0 Å². The maximum Gasteiger partial charge on any atom is 0.270 e. The molecular weight excluding hydrogens is 404 g/mol. The number of benzene rings is 2. The minimum Gasteiger partial charge on any atom is -0.414 e. The van der Waals surface area contributed by atoms with E-state index in [4.69, 9.17) is 10.2 Å². The molecule has 0 unspecified atom stereocenters. The van der Waals surface area contributed by atoms with Crippen LogP contribution in [-0.4, -0.2) is 45.1 Å². The molecule has 1 amide bonds. The SMILES string of the molecule is CC#Cc1cc(C(=O)N(C)C)ccc1-c1cnc(N)c(-c2nnc(-c3ccccc3)o2)n1.[HH].[HH]. The summed E-state index contributed by atoms with van der Waals surface area (Å²) in [7, 11) is 3.40. The summed E-state index contributed by atoms with van der Waals surface area (Å²) in [5, 5.41) is 8.19. The largest absolute Gasteiger partial charge is 0.414 e. The Bertz CT molecular complexity index is 1360. The summed E-state index contributed by atoms with van der Waals surface area (Å²) in [5.41, 5.74) is 9.55. The summed E-state index contributed by atoms with van der Waals surface area (Å²) in [6, 6.07) is 14.7. The lowest BCUT2D eigenvalue weighted by Crippen LogP contribution is -2.21. The van der Waals surface area contributed by atoms with Gasteiger partial charge >= 0.3 is 0 Å². The van der Waals surface area contributed by atoms with Crippen molar-refractivity contribution in [2.75, 3.05) is 19.8 Å². The number of carbonyl (C=O) groups excluding carboxylic acids is 1. The van der Waals surface area contributed by atoms with E-state index < -0.39 is 0 Å². The van der Waals surface area contributed by atoms with Gasteiger partial charge in [-0.25, -0.2) is 9.97 Å². The summed E-state index contributed by atoms with van der Waals surface area (Å²) in [5.74, 6) is 6.49. The van der Waals surface area contributed by atoms with Crippen LogP contribution in [0.25, 0.3) is 34.3 Å². The number of aromatic nitrogens is 4. The molecular formula is C24H24N6O2. The predicted molar refractivity (Wildman–Crippen MR) is 125 cm³/mol. The number of nitrogens with two attached hydrogens (primary N) is 1. The molecule has 0 bridgehead atoms. The van der Waals surface area contributed by atoms with Gasteiger partial charge in [0, 0.05) is 39.2 Å². The van der Waals surface area contributed by atoms with E-state index in [1.807, 2.05) is 30.3 Å². The number of nitrogens with zero attached hydrogens (tertiary/aromatic N) is 5. The number of hydrogen-bond donors (Lipinski definition) is 1. The van der Waals surface area contributed by atoms with Gasteiger partial charge < -0.3 is 15.1 Å². The summed E-state index contributed by atoms with van der Waals surface area (Å²) >= 11 is 0. The fourth-order valence-corrected chi connectivity index (χ4v) is 3.10. The van der Waals surface area contributed by atoms with Gasteiger partial charge in [-0.05, 0) is 31.2 Å². The predicted octanol–water partition coefficient (Wildman–Crippen LogP) is 4.01. The van der Waals surface area contributed by atoms with Crippen molar-refractivity contribution >= 4 is 11.7 Å². The third-order valence-electron chi connectivity index (χ3n) is 4.66. The van der Waals surface area contributed by atoms with Gasteiger partial charge in [0.05, 0.1) is 11.9 Å². The Morgan fingerprint density at radius 1 is 1.09 bits per heavy atom. The normalized spacial score (nSPS) is 10.3. The van der Waals surface area contributed by atoms with Crippen molar-refractivity contribution in [3.05, 3.63) is 65.9 Å². The van der Waals surface area contributed by atoms with Crippen molar-refractivity contribution in [1.82, 2.24) is 25.1 Å².